The second-order valence-electron chi connectivity index (χ2n) is 3.85. The molecule has 0 aromatic heterocycles. The second-order valence-corrected chi connectivity index (χ2v) is 3.85. The molecule has 0 fully saturated rings. The van der Waals surface area contributed by atoms with Crippen molar-refractivity contribution in [2.75, 3.05) is 11.5 Å². The summed E-state index contributed by atoms with van der Waals surface area (Å²) in [6, 6.07) is 10.7. The molecule has 2 aromatic carbocycles. The van der Waals surface area contributed by atoms with Crippen LogP contribution < -0.4 is 11.5 Å². The van der Waals surface area contributed by atoms with E-state index in [9.17, 15) is 5.11 Å². The van der Waals surface area contributed by atoms with Crippen molar-refractivity contribution in [3.8, 4) is 16.9 Å². The number of nitrogens with two attached hydrogens (primary N) is 2. The van der Waals surface area contributed by atoms with Crippen molar-refractivity contribution in [1.29, 1.82) is 0 Å². The zero-order chi connectivity index (χ0) is 11.7. The standard InChI is InChI=1S/C13H14N2O/c1-8-2-3-9(6-12(8)15)11-7-10(14)4-5-13(11)16/h2-7,16H,14-15H2,1H3. The predicted molar refractivity (Wildman–Crippen MR) is 67.1 cm³/mol. The van der Waals surface area contributed by atoms with Gasteiger partial charge < -0.3 is 16.6 Å². The Morgan fingerprint density at radius 1 is 1.00 bits per heavy atom. The summed E-state index contributed by atoms with van der Waals surface area (Å²) in [6.45, 7) is 1.94. The molecule has 0 saturated carbocycles. The van der Waals surface area contributed by atoms with Crippen molar-refractivity contribution >= 4 is 11.4 Å². The van der Waals surface area contributed by atoms with Gasteiger partial charge in [-0.1, -0.05) is 12.1 Å². The molecule has 0 aliphatic rings. The lowest BCUT2D eigenvalue weighted by Gasteiger charge is -2.08. The van der Waals surface area contributed by atoms with Crippen molar-refractivity contribution < 1.29 is 5.11 Å². The van der Waals surface area contributed by atoms with Gasteiger partial charge in [-0.25, -0.2) is 0 Å². The Morgan fingerprint density at radius 3 is 2.44 bits per heavy atom. The van der Waals surface area contributed by atoms with Crippen molar-refractivity contribution in [3.63, 3.8) is 0 Å². The maximum absolute atomic E-state index is 9.75. The summed E-state index contributed by atoms with van der Waals surface area (Å²) in [5, 5.41) is 9.75. The van der Waals surface area contributed by atoms with Crippen LogP contribution in [-0.2, 0) is 0 Å². The number of phenolic OH excluding ortho intramolecular Hbond substituents is 1. The molecule has 0 unspecified atom stereocenters. The molecule has 0 spiro atoms. The van der Waals surface area contributed by atoms with Gasteiger partial charge in [0.05, 0.1) is 0 Å². The second kappa shape index (κ2) is 3.77. The maximum Gasteiger partial charge on any atom is 0.123 e. The van der Waals surface area contributed by atoms with Gasteiger partial charge in [-0.15, -0.1) is 0 Å². The molecule has 0 atom stereocenters. The van der Waals surface area contributed by atoms with Gasteiger partial charge in [-0.2, -0.15) is 0 Å². The first-order valence-electron chi connectivity index (χ1n) is 5.03. The summed E-state index contributed by atoms with van der Waals surface area (Å²) in [4.78, 5) is 0. The lowest BCUT2D eigenvalue weighted by atomic mass is 10.0. The fraction of sp³-hybridized carbons (Fsp3) is 0.0769. The van der Waals surface area contributed by atoms with E-state index in [1.807, 2.05) is 25.1 Å². The van der Waals surface area contributed by atoms with Crippen molar-refractivity contribution in [3.05, 3.63) is 42.0 Å². The average Bonchev–Trinajstić information content (AvgIpc) is 2.26. The van der Waals surface area contributed by atoms with Gasteiger partial charge in [0.25, 0.3) is 0 Å². The number of hydrogen-bond donors (Lipinski definition) is 3. The highest BCUT2D eigenvalue weighted by molar-refractivity contribution is 5.76. The predicted octanol–water partition coefficient (Wildman–Crippen LogP) is 2.53. The SMILES string of the molecule is Cc1ccc(-c2cc(N)ccc2O)cc1N. The van der Waals surface area contributed by atoms with Crippen LogP contribution in [0.25, 0.3) is 11.1 Å². The van der Waals surface area contributed by atoms with Crippen molar-refractivity contribution in [1.82, 2.24) is 0 Å². The molecule has 82 valence electrons. The van der Waals surface area contributed by atoms with E-state index in [1.54, 1.807) is 18.2 Å². The van der Waals surface area contributed by atoms with Crippen LogP contribution in [0.1, 0.15) is 5.56 Å². The minimum absolute atomic E-state index is 0.206. The van der Waals surface area contributed by atoms with E-state index in [0.29, 0.717) is 16.9 Å². The number of aryl methyl sites for hydroxylation is 1. The largest absolute Gasteiger partial charge is 0.507 e. The first-order chi connectivity index (χ1) is 7.58. The number of nitrogen functional groups attached to an aromatic ring is 2. The Hall–Kier alpha value is -2.16. The topological polar surface area (TPSA) is 72.3 Å². The first-order valence-corrected chi connectivity index (χ1v) is 5.03. The van der Waals surface area contributed by atoms with Gasteiger partial charge in [0.2, 0.25) is 0 Å². The molecule has 16 heavy (non-hydrogen) atoms. The lowest BCUT2D eigenvalue weighted by Crippen LogP contribution is -1.91. The highest BCUT2D eigenvalue weighted by atomic mass is 16.3. The molecule has 0 saturated heterocycles. The molecule has 0 aliphatic heterocycles. The summed E-state index contributed by atoms with van der Waals surface area (Å²) in [5.74, 6) is 0.206. The first kappa shape index (κ1) is 10.4. The zero-order valence-corrected chi connectivity index (χ0v) is 9.07. The van der Waals surface area contributed by atoms with E-state index in [0.717, 1.165) is 11.1 Å². The molecule has 0 aliphatic carbocycles. The van der Waals surface area contributed by atoms with E-state index >= 15 is 0 Å². The van der Waals surface area contributed by atoms with Crippen LogP contribution in [0.5, 0.6) is 5.75 Å². The summed E-state index contributed by atoms with van der Waals surface area (Å²) < 4.78 is 0. The van der Waals surface area contributed by atoms with Crippen molar-refractivity contribution in [2.24, 2.45) is 0 Å². The third kappa shape index (κ3) is 1.80. The van der Waals surface area contributed by atoms with Gasteiger partial charge in [-0.05, 0) is 42.3 Å². The summed E-state index contributed by atoms with van der Waals surface area (Å²) in [7, 11) is 0. The van der Waals surface area contributed by atoms with Crippen LogP contribution in [0.2, 0.25) is 0 Å². The quantitative estimate of drug-likeness (QED) is 0.504. The molecular formula is C13H14N2O. The Morgan fingerprint density at radius 2 is 1.75 bits per heavy atom. The highest BCUT2D eigenvalue weighted by Crippen LogP contribution is 2.32. The van der Waals surface area contributed by atoms with Crippen LogP contribution in [0, 0.1) is 6.92 Å². The van der Waals surface area contributed by atoms with Crippen LogP contribution in [0.4, 0.5) is 11.4 Å². The lowest BCUT2D eigenvalue weighted by molar-refractivity contribution is 0.477. The number of aromatic hydroxyl groups is 1. The van der Waals surface area contributed by atoms with Crippen LogP contribution in [0.3, 0.4) is 0 Å². The minimum atomic E-state index is 0.206. The van der Waals surface area contributed by atoms with E-state index in [4.69, 9.17) is 11.5 Å². The Balaban J connectivity index is 2.58. The van der Waals surface area contributed by atoms with E-state index in [-0.39, 0.29) is 5.75 Å². The molecule has 2 rings (SSSR count). The number of benzene rings is 2. The fourth-order valence-electron chi connectivity index (χ4n) is 1.59. The fourth-order valence-corrected chi connectivity index (χ4v) is 1.59. The van der Waals surface area contributed by atoms with Crippen molar-refractivity contribution in [2.45, 2.75) is 6.92 Å². The Bertz CT molecular complexity index is 535. The molecule has 0 bridgehead atoms. The Kier molecular flexibility index (Phi) is 2.44. The molecule has 0 amide bonds. The van der Waals surface area contributed by atoms with Gasteiger partial charge in [0, 0.05) is 16.9 Å². The molecular weight excluding hydrogens is 200 g/mol. The average molecular weight is 214 g/mol. The monoisotopic (exact) mass is 214 g/mol. The van der Waals surface area contributed by atoms with E-state index in [2.05, 4.69) is 0 Å². The maximum atomic E-state index is 9.75. The number of rotatable bonds is 1. The Labute approximate surface area is 94.3 Å². The van der Waals surface area contributed by atoms with Crippen LogP contribution in [0.15, 0.2) is 36.4 Å². The molecule has 3 heteroatoms. The minimum Gasteiger partial charge on any atom is -0.507 e. The zero-order valence-electron chi connectivity index (χ0n) is 9.07. The van der Waals surface area contributed by atoms with Gasteiger partial charge in [0.1, 0.15) is 5.75 Å². The number of hydrogen-bond acceptors (Lipinski definition) is 3. The third-order valence-corrected chi connectivity index (χ3v) is 2.61. The normalized spacial score (nSPS) is 10.3. The molecule has 2 aromatic rings. The molecule has 0 heterocycles. The van der Waals surface area contributed by atoms with Gasteiger partial charge >= 0.3 is 0 Å². The molecule has 5 N–H and O–H groups in total. The number of phenols is 1. The number of anilines is 2. The summed E-state index contributed by atoms with van der Waals surface area (Å²) in [5.41, 5.74) is 15.4. The third-order valence-electron chi connectivity index (χ3n) is 2.61. The summed E-state index contributed by atoms with van der Waals surface area (Å²) in [6.07, 6.45) is 0. The van der Waals surface area contributed by atoms with Crippen LogP contribution >= 0.6 is 0 Å². The van der Waals surface area contributed by atoms with E-state index < -0.39 is 0 Å². The smallest absolute Gasteiger partial charge is 0.123 e. The van der Waals surface area contributed by atoms with E-state index in [1.165, 1.54) is 0 Å². The molecule has 0 radical (unpaired) electrons. The van der Waals surface area contributed by atoms with Crippen LogP contribution in [-0.4, -0.2) is 5.11 Å². The van der Waals surface area contributed by atoms with Gasteiger partial charge in [-0.3, -0.25) is 0 Å². The molecule has 3 nitrogen and oxygen atoms in total. The highest BCUT2D eigenvalue weighted by Gasteiger charge is 2.05. The summed E-state index contributed by atoms with van der Waals surface area (Å²) >= 11 is 0. The van der Waals surface area contributed by atoms with Gasteiger partial charge in [0.15, 0.2) is 0 Å².